The van der Waals surface area contributed by atoms with Crippen molar-refractivity contribution in [2.75, 3.05) is 0 Å². The number of hydrogen-bond acceptors (Lipinski definition) is 1. The van der Waals surface area contributed by atoms with Gasteiger partial charge in [-0.25, -0.2) is 0 Å². The maximum atomic E-state index is 8.55. The van der Waals surface area contributed by atoms with Gasteiger partial charge < -0.3 is 4.74 Å². The Kier molecular flexibility index (Phi) is 3.28. The Bertz CT molecular complexity index is 2490. The Morgan fingerprint density at radius 3 is 2.03 bits per heavy atom. The molecule has 1 heterocycles. The zero-order chi connectivity index (χ0) is 29.9. The van der Waals surface area contributed by atoms with Gasteiger partial charge in [0.15, 0.2) is 0 Å². The Hall–Kier alpha value is -5.14. The van der Waals surface area contributed by atoms with Crippen LogP contribution in [-0.2, 0) is 0 Å². The summed E-state index contributed by atoms with van der Waals surface area (Å²) < 4.78 is 47.9. The molecule has 0 atom stereocenters. The van der Waals surface area contributed by atoms with Crippen molar-refractivity contribution < 1.29 is 11.6 Å². The van der Waals surface area contributed by atoms with E-state index in [1.807, 2.05) is 24.3 Å². The van der Waals surface area contributed by atoms with Gasteiger partial charge in [0, 0.05) is 10.9 Å². The molecule has 0 bridgehead atoms. The summed E-state index contributed by atoms with van der Waals surface area (Å²) in [5.74, 6) is 1.43. The third-order valence-corrected chi connectivity index (χ3v) is 8.06. The molecular weight excluding hydrogens is 472 g/mol. The van der Waals surface area contributed by atoms with E-state index in [4.69, 9.17) is 11.6 Å². The predicted molar refractivity (Wildman–Crippen MR) is 164 cm³/mol. The van der Waals surface area contributed by atoms with Crippen LogP contribution < -0.4 is 4.74 Å². The first-order valence-corrected chi connectivity index (χ1v) is 13.0. The van der Waals surface area contributed by atoms with Crippen LogP contribution in [0.4, 0.5) is 0 Å². The maximum absolute atomic E-state index is 8.55. The monoisotopic (exact) mass is 499 g/mol. The summed E-state index contributed by atoms with van der Waals surface area (Å²) in [6.07, 6.45) is 0. The van der Waals surface area contributed by atoms with Crippen molar-refractivity contribution in [2.45, 2.75) is 0 Å². The summed E-state index contributed by atoms with van der Waals surface area (Å²) in [5.41, 5.74) is 4.73. The molecule has 0 amide bonds. The topological polar surface area (TPSA) is 9.23 Å². The van der Waals surface area contributed by atoms with E-state index in [0.717, 1.165) is 38.8 Å². The van der Waals surface area contributed by atoms with Crippen LogP contribution in [0.1, 0.15) is 6.85 Å². The maximum Gasteiger partial charge on any atom is 0.135 e. The lowest BCUT2D eigenvalue weighted by atomic mass is 9.86. The minimum absolute atomic E-state index is 0.178. The van der Waals surface area contributed by atoms with Gasteiger partial charge >= 0.3 is 0 Å². The molecule has 8 aromatic rings. The second-order valence-electron chi connectivity index (χ2n) is 10.2. The van der Waals surface area contributed by atoms with Gasteiger partial charge in [0.25, 0.3) is 0 Å². The number of hydrogen-bond donors (Lipinski definition) is 0. The Morgan fingerprint density at radius 1 is 0.436 bits per heavy atom. The van der Waals surface area contributed by atoms with Gasteiger partial charge in [0.05, 0.1) is 6.85 Å². The molecule has 0 N–H and O–H groups in total. The largest absolute Gasteiger partial charge is 0.456 e. The first kappa shape index (κ1) is 16.7. The molecule has 0 aliphatic carbocycles. The molecule has 8 aromatic carbocycles. The number of fused-ring (bicyclic) bond motifs is 2. The molecule has 1 aliphatic rings. The van der Waals surface area contributed by atoms with Crippen molar-refractivity contribution >= 4 is 43.1 Å². The molecule has 0 radical (unpaired) electrons. The lowest BCUT2D eigenvalue weighted by molar-refractivity contribution is 0.487. The van der Waals surface area contributed by atoms with Crippen molar-refractivity contribution in [3.63, 3.8) is 0 Å². The molecule has 180 valence electrons. The molecule has 9 rings (SSSR count). The van der Waals surface area contributed by atoms with Crippen LogP contribution in [0.15, 0.2) is 133 Å². The van der Waals surface area contributed by atoms with Gasteiger partial charge in [-0.3, -0.25) is 0 Å². The molecule has 0 fully saturated rings. The van der Waals surface area contributed by atoms with Gasteiger partial charge in [-0.05, 0) is 95.9 Å². The number of ether oxygens (including phenoxy) is 1. The van der Waals surface area contributed by atoms with Crippen molar-refractivity contribution in [3.05, 3.63) is 133 Å². The minimum atomic E-state index is -0.401. The number of benzene rings is 8. The predicted octanol–water partition coefficient (Wildman–Crippen LogP) is 10.8. The third kappa shape index (κ3) is 2.96. The first-order chi connectivity index (χ1) is 21.4. The van der Waals surface area contributed by atoms with Crippen molar-refractivity contribution in [3.8, 4) is 44.9 Å². The fourth-order valence-corrected chi connectivity index (χ4v) is 6.33. The van der Waals surface area contributed by atoms with Gasteiger partial charge in [0.1, 0.15) is 11.5 Å². The minimum Gasteiger partial charge on any atom is -0.456 e. The van der Waals surface area contributed by atoms with Crippen LogP contribution >= 0.6 is 0 Å². The van der Waals surface area contributed by atoms with E-state index in [2.05, 4.69) is 72.8 Å². The van der Waals surface area contributed by atoms with Crippen molar-refractivity contribution in [2.24, 2.45) is 0 Å². The molecule has 39 heavy (non-hydrogen) atoms. The van der Waals surface area contributed by atoms with Gasteiger partial charge in [0.2, 0.25) is 0 Å². The molecule has 1 nitrogen and oxygen atoms in total. The second kappa shape index (κ2) is 7.69. The standard InChI is InChI=1S/C38H22O/c1-2-6-23(7-3-1)27-16-19-34-32(21-27)33-22-29(20-28-10-5-11-35(39-34)37(28)33)30-17-14-26-13-12-24-8-4-9-25-15-18-31(30)38(26)36(24)25/h1-22H/i1D,2D,3D,6D,7D. The van der Waals surface area contributed by atoms with Crippen LogP contribution in [-0.4, -0.2) is 0 Å². The van der Waals surface area contributed by atoms with E-state index in [1.54, 1.807) is 6.07 Å². The summed E-state index contributed by atoms with van der Waals surface area (Å²) in [7, 11) is 0. The van der Waals surface area contributed by atoms with Crippen LogP contribution in [0, 0.1) is 0 Å². The fourth-order valence-electron chi connectivity index (χ4n) is 6.33. The average Bonchev–Trinajstić information content (AvgIpc) is 3.05. The number of rotatable bonds is 2. The van der Waals surface area contributed by atoms with E-state index < -0.39 is 6.04 Å². The molecule has 0 unspecified atom stereocenters. The quantitative estimate of drug-likeness (QED) is 0.215. The lowest BCUT2D eigenvalue weighted by Gasteiger charge is -2.23. The van der Waals surface area contributed by atoms with E-state index in [0.29, 0.717) is 11.3 Å². The third-order valence-electron chi connectivity index (χ3n) is 8.06. The van der Waals surface area contributed by atoms with Gasteiger partial charge in [-0.1, -0.05) is 103 Å². The van der Waals surface area contributed by atoms with Crippen LogP contribution in [0.2, 0.25) is 0 Å². The van der Waals surface area contributed by atoms with Crippen LogP contribution in [0.5, 0.6) is 11.5 Å². The summed E-state index contributed by atoms with van der Waals surface area (Å²) in [6, 6.07) is 34.1. The summed E-state index contributed by atoms with van der Waals surface area (Å²) >= 11 is 0. The summed E-state index contributed by atoms with van der Waals surface area (Å²) in [4.78, 5) is 0. The zero-order valence-corrected chi connectivity index (χ0v) is 20.7. The molecule has 0 saturated heterocycles. The Morgan fingerprint density at radius 2 is 1.15 bits per heavy atom. The highest BCUT2D eigenvalue weighted by molar-refractivity contribution is 6.25. The molecule has 0 saturated carbocycles. The van der Waals surface area contributed by atoms with Crippen LogP contribution in [0.25, 0.3) is 76.5 Å². The van der Waals surface area contributed by atoms with Crippen molar-refractivity contribution in [1.29, 1.82) is 0 Å². The highest BCUT2D eigenvalue weighted by Crippen LogP contribution is 2.50. The van der Waals surface area contributed by atoms with Crippen molar-refractivity contribution in [1.82, 2.24) is 0 Å². The van der Waals surface area contributed by atoms with Gasteiger partial charge in [-0.2, -0.15) is 0 Å². The summed E-state index contributed by atoms with van der Waals surface area (Å²) in [6.45, 7) is 0. The zero-order valence-electron chi connectivity index (χ0n) is 25.7. The molecule has 0 aromatic heterocycles. The second-order valence-corrected chi connectivity index (χ2v) is 10.2. The molecule has 1 heteroatoms. The Balaban J connectivity index is 1.32. The highest BCUT2D eigenvalue weighted by Gasteiger charge is 2.22. The van der Waals surface area contributed by atoms with E-state index in [1.165, 1.54) is 32.3 Å². The smallest absolute Gasteiger partial charge is 0.135 e. The lowest BCUT2D eigenvalue weighted by Crippen LogP contribution is -1.98. The molecular formula is C38H22O. The van der Waals surface area contributed by atoms with Gasteiger partial charge in [-0.15, -0.1) is 0 Å². The van der Waals surface area contributed by atoms with E-state index in [-0.39, 0.29) is 29.7 Å². The Labute approximate surface area is 232 Å². The first-order valence-electron chi connectivity index (χ1n) is 15.5. The summed E-state index contributed by atoms with van der Waals surface area (Å²) in [5, 5.41) is 9.40. The van der Waals surface area contributed by atoms with Crippen LogP contribution in [0.3, 0.4) is 0 Å². The highest BCUT2D eigenvalue weighted by atomic mass is 16.5. The van der Waals surface area contributed by atoms with E-state index in [9.17, 15) is 0 Å². The average molecular weight is 500 g/mol. The van der Waals surface area contributed by atoms with E-state index >= 15 is 0 Å². The molecule has 1 aliphatic heterocycles. The molecule has 0 spiro atoms. The normalized spacial score (nSPS) is 14.1. The SMILES string of the molecule is [2H]c1c([2H])c([2H])c(-c2ccc3c(c2)-c2cc(-c4ccc5ccc6cccc7ccc4c5c67)cc4cccc(c24)O3)c([2H])c1[2H]. The fraction of sp³-hybridized carbons (Fsp3) is 0.